The Balaban J connectivity index is 2.30. The summed E-state index contributed by atoms with van der Waals surface area (Å²) in [5.74, 6) is -0.761. The molecular formula is C16H22N2O2. The zero-order valence-electron chi connectivity index (χ0n) is 12.7. The highest BCUT2D eigenvalue weighted by atomic mass is 16.2. The molecule has 0 aliphatic carbocycles. The second-order valence-electron chi connectivity index (χ2n) is 5.22. The van der Waals surface area contributed by atoms with Crippen LogP contribution in [0, 0.1) is 13.8 Å². The van der Waals surface area contributed by atoms with Gasteiger partial charge in [0.2, 0.25) is 0 Å². The van der Waals surface area contributed by atoms with Gasteiger partial charge in [-0.25, -0.2) is 0 Å². The van der Waals surface area contributed by atoms with Gasteiger partial charge >= 0.3 is 0 Å². The molecule has 0 bridgehead atoms. The third kappa shape index (κ3) is 2.36. The van der Waals surface area contributed by atoms with Crippen molar-refractivity contribution in [2.45, 2.75) is 27.7 Å². The average molecular weight is 274 g/mol. The van der Waals surface area contributed by atoms with Gasteiger partial charge in [0.15, 0.2) is 0 Å². The van der Waals surface area contributed by atoms with E-state index >= 15 is 0 Å². The Morgan fingerprint density at radius 1 is 1.10 bits per heavy atom. The first-order valence-corrected chi connectivity index (χ1v) is 7.20. The number of ketones is 1. The highest BCUT2D eigenvalue weighted by Gasteiger charge is 2.36. The maximum absolute atomic E-state index is 12.2. The van der Waals surface area contributed by atoms with E-state index in [1.54, 1.807) is 11.0 Å². The molecule has 1 aliphatic heterocycles. The lowest BCUT2D eigenvalue weighted by atomic mass is 10.0. The van der Waals surface area contributed by atoms with Crippen LogP contribution < -0.4 is 4.90 Å². The molecule has 0 spiro atoms. The van der Waals surface area contributed by atoms with Crippen LogP contribution in [0.25, 0.3) is 0 Å². The van der Waals surface area contributed by atoms with Gasteiger partial charge in [0.05, 0.1) is 11.3 Å². The highest BCUT2D eigenvalue weighted by Crippen LogP contribution is 2.33. The third-order valence-electron chi connectivity index (χ3n) is 4.19. The molecule has 20 heavy (non-hydrogen) atoms. The first kappa shape index (κ1) is 14.7. The van der Waals surface area contributed by atoms with Crippen LogP contribution in [0.5, 0.6) is 0 Å². The van der Waals surface area contributed by atoms with E-state index in [2.05, 4.69) is 18.7 Å². The minimum absolute atomic E-state index is 0.373. The average Bonchev–Trinajstić information content (AvgIpc) is 2.69. The number of amides is 1. The summed E-state index contributed by atoms with van der Waals surface area (Å²) in [4.78, 5) is 28.1. The lowest BCUT2D eigenvalue weighted by molar-refractivity contribution is -0.114. The molecule has 0 saturated carbocycles. The lowest BCUT2D eigenvalue weighted by Crippen LogP contribution is -2.38. The fraction of sp³-hybridized carbons (Fsp3) is 0.500. The maximum Gasteiger partial charge on any atom is 0.299 e. The third-order valence-corrected chi connectivity index (χ3v) is 4.19. The maximum atomic E-state index is 12.2. The number of anilines is 1. The fourth-order valence-electron chi connectivity index (χ4n) is 2.67. The minimum Gasteiger partial charge on any atom is -0.303 e. The van der Waals surface area contributed by atoms with Gasteiger partial charge in [0, 0.05) is 13.1 Å². The monoisotopic (exact) mass is 274 g/mol. The number of hydrogen-bond acceptors (Lipinski definition) is 3. The minimum atomic E-state index is -0.388. The number of likely N-dealkylation sites (N-methyl/N-ethyl adjacent to an activating group) is 1. The Morgan fingerprint density at radius 2 is 1.75 bits per heavy atom. The number of aryl methyl sites for hydroxylation is 1. The topological polar surface area (TPSA) is 40.6 Å². The van der Waals surface area contributed by atoms with Crippen LogP contribution in [0.3, 0.4) is 0 Å². The molecule has 0 N–H and O–H groups in total. The summed E-state index contributed by atoms with van der Waals surface area (Å²) in [6.45, 7) is 11.4. The van der Waals surface area contributed by atoms with Crippen molar-refractivity contribution >= 4 is 17.4 Å². The number of rotatable bonds is 5. The van der Waals surface area contributed by atoms with Crippen LogP contribution in [-0.2, 0) is 4.79 Å². The van der Waals surface area contributed by atoms with E-state index in [-0.39, 0.29) is 11.7 Å². The number of carbonyl (C=O) groups excluding carboxylic acids is 2. The van der Waals surface area contributed by atoms with E-state index in [1.165, 1.54) is 0 Å². The molecule has 2 rings (SSSR count). The van der Waals surface area contributed by atoms with Gasteiger partial charge in [-0.15, -0.1) is 0 Å². The van der Waals surface area contributed by atoms with Crippen molar-refractivity contribution in [2.24, 2.45) is 0 Å². The van der Waals surface area contributed by atoms with Gasteiger partial charge in [-0.2, -0.15) is 0 Å². The molecule has 0 atom stereocenters. The Kier molecular flexibility index (Phi) is 4.23. The van der Waals surface area contributed by atoms with Gasteiger partial charge < -0.3 is 9.80 Å². The van der Waals surface area contributed by atoms with Crippen molar-refractivity contribution in [3.05, 3.63) is 28.8 Å². The molecule has 0 fully saturated rings. The van der Waals surface area contributed by atoms with E-state index in [0.717, 1.165) is 36.4 Å². The second-order valence-corrected chi connectivity index (χ2v) is 5.22. The Labute approximate surface area is 120 Å². The van der Waals surface area contributed by atoms with Crippen LogP contribution in [0.4, 0.5) is 5.69 Å². The highest BCUT2D eigenvalue weighted by molar-refractivity contribution is 6.52. The molecule has 4 heteroatoms. The molecule has 0 saturated heterocycles. The number of Topliss-reactive ketones (excluding diaryl/α,β-unsaturated/α-hetero) is 1. The quantitative estimate of drug-likeness (QED) is 0.773. The normalized spacial score (nSPS) is 14.3. The van der Waals surface area contributed by atoms with Crippen molar-refractivity contribution in [3.63, 3.8) is 0 Å². The summed E-state index contributed by atoms with van der Waals surface area (Å²) in [5.41, 5.74) is 3.50. The molecule has 1 aliphatic rings. The van der Waals surface area contributed by atoms with E-state index in [9.17, 15) is 9.59 Å². The summed E-state index contributed by atoms with van der Waals surface area (Å²) < 4.78 is 0. The molecule has 4 nitrogen and oxygen atoms in total. The smallest absolute Gasteiger partial charge is 0.299 e. The predicted octanol–water partition coefficient (Wildman–Crippen LogP) is 2.17. The molecule has 1 heterocycles. The lowest BCUT2D eigenvalue weighted by Gasteiger charge is -2.24. The SMILES string of the molecule is CCN(CC)CCN1C(=O)C(=O)c2ccc(C)c(C)c21. The van der Waals surface area contributed by atoms with E-state index in [0.29, 0.717) is 12.1 Å². The standard InChI is InChI=1S/C16H22N2O2/c1-5-17(6-2)9-10-18-14-12(4)11(3)7-8-13(14)15(19)16(18)20/h7-8H,5-6,9-10H2,1-4H3. The van der Waals surface area contributed by atoms with Gasteiger partial charge in [0.25, 0.3) is 11.7 Å². The summed E-state index contributed by atoms with van der Waals surface area (Å²) in [6.07, 6.45) is 0. The Bertz CT molecular complexity index is 548. The van der Waals surface area contributed by atoms with E-state index in [4.69, 9.17) is 0 Å². The zero-order chi connectivity index (χ0) is 14.9. The van der Waals surface area contributed by atoms with Crippen LogP contribution in [0.1, 0.15) is 35.3 Å². The van der Waals surface area contributed by atoms with Crippen molar-refractivity contribution in [1.82, 2.24) is 4.90 Å². The van der Waals surface area contributed by atoms with Crippen molar-refractivity contribution < 1.29 is 9.59 Å². The number of carbonyl (C=O) groups is 2. The molecule has 0 radical (unpaired) electrons. The molecule has 108 valence electrons. The fourth-order valence-corrected chi connectivity index (χ4v) is 2.67. The Hall–Kier alpha value is -1.68. The van der Waals surface area contributed by atoms with Gasteiger partial charge in [-0.05, 0) is 44.1 Å². The van der Waals surface area contributed by atoms with Crippen molar-refractivity contribution in [1.29, 1.82) is 0 Å². The van der Waals surface area contributed by atoms with Crippen LogP contribution in [-0.4, -0.2) is 42.8 Å². The van der Waals surface area contributed by atoms with Crippen LogP contribution in [0.15, 0.2) is 12.1 Å². The largest absolute Gasteiger partial charge is 0.303 e. The van der Waals surface area contributed by atoms with Crippen molar-refractivity contribution in [3.8, 4) is 0 Å². The Morgan fingerprint density at radius 3 is 2.35 bits per heavy atom. The summed E-state index contributed by atoms with van der Waals surface area (Å²) in [7, 11) is 0. The molecular weight excluding hydrogens is 252 g/mol. The number of hydrogen-bond donors (Lipinski definition) is 0. The second kappa shape index (κ2) is 5.75. The molecule has 0 aromatic heterocycles. The predicted molar refractivity (Wildman–Crippen MR) is 80.4 cm³/mol. The van der Waals surface area contributed by atoms with E-state index in [1.807, 2.05) is 19.9 Å². The number of nitrogens with zero attached hydrogens (tertiary/aromatic N) is 2. The van der Waals surface area contributed by atoms with Crippen LogP contribution in [0.2, 0.25) is 0 Å². The number of fused-ring (bicyclic) bond motifs is 1. The summed E-state index contributed by atoms with van der Waals surface area (Å²) in [6, 6.07) is 3.68. The zero-order valence-corrected chi connectivity index (χ0v) is 12.7. The first-order valence-electron chi connectivity index (χ1n) is 7.20. The van der Waals surface area contributed by atoms with Crippen LogP contribution >= 0.6 is 0 Å². The number of benzene rings is 1. The first-order chi connectivity index (χ1) is 9.51. The van der Waals surface area contributed by atoms with Gasteiger partial charge in [-0.1, -0.05) is 19.9 Å². The van der Waals surface area contributed by atoms with E-state index < -0.39 is 0 Å². The van der Waals surface area contributed by atoms with Gasteiger partial charge in [0.1, 0.15) is 0 Å². The van der Waals surface area contributed by atoms with Gasteiger partial charge in [-0.3, -0.25) is 9.59 Å². The summed E-state index contributed by atoms with van der Waals surface area (Å²) in [5, 5.41) is 0. The molecule has 1 aromatic carbocycles. The molecule has 1 amide bonds. The molecule has 0 unspecified atom stereocenters. The van der Waals surface area contributed by atoms with Crippen molar-refractivity contribution in [2.75, 3.05) is 31.1 Å². The molecule has 1 aromatic rings. The summed E-state index contributed by atoms with van der Waals surface area (Å²) >= 11 is 0.